The highest BCUT2D eigenvalue weighted by Crippen LogP contribution is 2.39. The average molecular weight is 380 g/mol. The molecular weight excluding hydrogens is 363 g/mol. The number of thiophene rings is 1. The Balaban J connectivity index is 1.43. The van der Waals surface area contributed by atoms with Gasteiger partial charge in [-0.25, -0.2) is 4.39 Å². The first-order chi connectivity index (χ1) is 13.2. The molecule has 4 nitrogen and oxygen atoms in total. The number of amides is 1. The van der Waals surface area contributed by atoms with Crippen LogP contribution in [0.15, 0.2) is 60.2 Å². The lowest BCUT2D eigenvalue weighted by atomic mass is 10.0. The first-order valence-corrected chi connectivity index (χ1v) is 9.46. The molecular formula is C21H17FN2O2S. The third-order valence-corrected chi connectivity index (χ3v) is 5.12. The van der Waals surface area contributed by atoms with Crippen LogP contribution in [0.3, 0.4) is 0 Å². The Morgan fingerprint density at radius 1 is 1.37 bits per heavy atom. The summed E-state index contributed by atoms with van der Waals surface area (Å²) in [6.07, 6.45) is 6.97. The van der Waals surface area contributed by atoms with Crippen LogP contribution in [-0.2, 0) is 11.2 Å². The predicted octanol–water partition coefficient (Wildman–Crippen LogP) is 4.08. The number of aromatic nitrogens is 1. The second kappa shape index (κ2) is 7.72. The summed E-state index contributed by atoms with van der Waals surface area (Å²) in [4.78, 5) is 17.1. The number of ether oxygens (including phenoxy) is 1. The van der Waals surface area contributed by atoms with E-state index in [0.29, 0.717) is 24.3 Å². The van der Waals surface area contributed by atoms with Crippen LogP contribution in [-0.4, -0.2) is 23.5 Å². The number of carbonyl (C=O) groups excluding carboxylic acids is 1. The molecule has 1 unspecified atom stereocenters. The van der Waals surface area contributed by atoms with E-state index in [4.69, 9.17) is 4.74 Å². The number of hydrogen-bond acceptors (Lipinski definition) is 4. The summed E-state index contributed by atoms with van der Waals surface area (Å²) < 4.78 is 20.0. The van der Waals surface area contributed by atoms with Gasteiger partial charge in [0.25, 0.3) is 0 Å². The van der Waals surface area contributed by atoms with Gasteiger partial charge in [-0.2, -0.15) is 0 Å². The van der Waals surface area contributed by atoms with Crippen LogP contribution in [0.25, 0.3) is 17.2 Å². The molecule has 1 N–H and O–H groups in total. The topological polar surface area (TPSA) is 51.2 Å². The van der Waals surface area contributed by atoms with E-state index in [1.807, 2.05) is 23.6 Å². The lowest BCUT2D eigenvalue weighted by Crippen LogP contribution is -2.33. The monoisotopic (exact) mass is 380 g/mol. The van der Waals surface area contributed by atoms with Gasteiger partial charge in [0.1, 0.15) is 17.7 Å². The molecule has 1 amide bonds. The molecule has 0 aliphatic carbocycles. The normalized spacial score (nSPS) is 15.5. The molecule has 136 valence electrons. The van der Waals surface area contributed by atoms with Gasteiger partial charge >= 0.3 is 0 Å². The molecule has 3 aromatic rings. The second-order valence-corrected chi connectivity index (χ2v) is 7.20. The van der Waals surface area contributed by atoms with Gasteiger partial charge in [-0.1, -0.05) is 12.1 Å². The Kier molecular flexibility index (Phi) is 4.98. The molecule has 0 saturated carbocycles. The van der Waals surface area contributed by atoms with Gasteiger partial charge in [0.05, 0.1) is 6.54 Å². The van der Waals surface area contributed by atoms with Crippen molar-refractivity contribution in [2.24, 2.45) is 0 Å². The van der Waals surface area contributed by atoms with Crippen LogP contribution in [0.2, 0.25) is 0 Å². The molecule has 0 fully saturated rings. The smallest absolute Gasteiger partial charge is 0.244 e. The van der Waals surface area contributed by atoms with Crippen molar-refractivity contribution in [2.75, 3.05) is 6.54 Å². The zero-order chi connectivity index (χ0) is 18.6. The van der Waals surface area contributed by atoms with Crippen LogP contribution >= 0.6 is 11.3 Å². The summed E-state index contributed by atoms with van der Waals surface area (Å²) >= 11 is 1.57. The molecule has 0 saturated heterocycles. The van der Waals surface area contributed by atoms with Crippen molar-refractivity contribution in [2.45, 2.75) is 12.5 Å². The van der Waals surface area contributed by atoms with Crippen LogP contribution in [0, 0.1) is 5.82 Å². The lowest BCUT2D eigenvalue weighted by Gasteiger charge is -2.13. The van der Waals surface area contributed by atoms with Crippen LogP contribution in [0.1, 0.15) is 10.4 Å². The highest BCUT2D eigenvalue weighted by Gasteiger charge is 2.27. The van der Waals surface area contributed by atoms with E-state index in [1.54, 1.807) is 35.9 Å². The van der Waals surface area contributed by atoms with E-state index in [-0.39, 0.29) is 17.8 Å². The van der Waals surface area contributed by atoms with Crippen molar-refractivity contribution in [3.63, 3.8) is 0 Å². The van der Waals surface area contributed by atoms with E-state index in [0.717, 1.165) is 16.0 Å². The number of nitrogens with zero attached hydrogens (tertiary/aromatic N) is 1. The first kappa shape index (κ1) is 17.4. The number of nitrogens with one attached hydrogen (secondary N) is 1. The molecule has 1 aliphatic heterocycles. The molecule has 2 aromatic heterocycles. The van der Waals surface area contributed by atoms with Crippen molar-refractivity contribution < 1.29 is 13.9 Å². The molecule has 27 heavy (non-hydrogen) atoms. The SMILES string of the molecule is O=C(C=Cc1cccs1)NCC1Cc2cc(F)cc(-c3cccnc3)c2O1. The second-order valence-electron chi connectivity index (χ2n) is 6.22. The Morgan fingerprint density at radius 3 is 3.07 bits per heavy atom. The molecule has 3 heterocycles. The molecule has 6 heteroatoms. The number of hydrogen-bond donors (Lipinski definition) is 1. The highest BCUT2D eigenvalue weighted by molar-refractivity contribution is 7.10. The third kappa shape index (κ3) is 4.06. The quantitative estimate of drug-likeness (QED) is 0.679. The minimum Gasteiger partial charge on any atom is -0.487 e. The van der Waals surface area contributed by atoms with E-state index < -0.39 is 0 Å². The van der Waals surface area contributed by atoms with Gasteiger partial charge in [0.2, 0.25) is 5.91 Å². The van der Waals surface area contributed by atoms with Gasteiger partial charge < -0.3 is 10.1 Å². The summed E-state index contributed by atoms with van der Waals surface area (Å²) in [5.41, 5.74) is 2.29. The average Bonchev–Trinajstić information content (AvgIpc) is 3.34. The first-order valence-electron chi connectivity index (χ1n) is 8.58. The van der Waals surface area contributed by atoms with Crippen molar-refractivity contribution in [1.29, 1.82) is 0 Å². The fraction of sp³-hybridized carbons (Fsp3) is 0.143. The fourth-order valence-corrected chi connectivity index (χ4v) is 3.68. The maximum Gasteiger partial charge on any atom is 0.244 e. The number of pyridine rings is 1. The van der Waals surface area contributed by atoms with E-state index in [1.165, 1.54) is 18.2 Å². The maximum atomic E-state index is 14.0. The van der Waals surface area contributed by atoms with Crippen LogP contribution in [0.5, 0.6) is 5.75 Å². The van der Waals surface area contributed by atoms with E-state index in [2.05, 4.69) is 10.3 Å². The van der Waals surface area contributed by atoms with Crippen LogP contribution in [0.4, 0.5) is 4.39 Å². The Hall–Kier alpha value is -2.99. The predicted molar refractivity (Wildman–Crippen MR) is 104 cm³/mol. The van der Waals surface area contributed by atoms with Crippen molar-refractivity contribution in [3.05, 3.63) is 76.5 Å². The number of benzene rings is 1. The minimum absolute atomic E-state index is 0.179. The molecule has 4 rings (SSSR count). The Morgan fingerprint density at radius 2 is 2.30 bits per heavy atom. The fourth-order valence-electron chi connectivity index (χ4n) is 3.06. The highest BCUT2D eigenvalue weighted by atomic mass is 32.1. The van der Waals surface area contributed by atoms with Crippen molar-refractivity contribution in [3.8, 4) is 16.9 Å². The summed E-state index contributed by atoms with van der Waals surface area (Å²) in [7, 11) is 0. The molecule has 0 bridgehead atoms. The number of fused-ring (bicyclic) bond motifs is 1. The Bertz CT molecular complexity index is 971. The zero-order valence-electron chi connectivity index (χ0n) is 14.4. The van der Waals surface area contributed by atoms with Gasteiger partial charge in [-0.15, -0.1) is 11.3 Å². The molecule has 1 aromatic carbocycles. The largest absolute Gasteiger partial charge is 0.487 e. The number of halogens is 1. The van der Waals surface area contributed by atoms with Crippen molar-refractivity contribution >= 4 is 23.3 Å². The molecule has 1 aliphatic rings. The van der Waals surface area contributed by atoms with Gasteiger partial charge in [0.15, 0.2) is 0 Å². The number of rotatable bonds is 5. The van der Waals surface area contributed by atoms with Crippen molar-refractivity contribution in [1.82, 2.24) is 10.3 Å². The molecule has 0 spiro atoms. The van der Waals surface area contributed by atoms with Gasteiger partial charge in [-0.3, -0.25) is 9.78 Å². The minimum atomic E-state index is -0.306. The summed E-state index contributed by atoms with van der Waals surface area (Å²) in [5, 5.41) is 4.80. The molecule has 0 radical (unpaired) electrons. The zero-order valence-corrected chi connectivity index (χ0v) is 15.2. The summed E-state index contributed by atoms with van der Waals surface area (Å²) in [5.74, 6) is 0.180. The molecule has 1 atom stereocenters. The van der Waals surface area contributed by atoms with E-state index in [9.17, 15) is 9.18 Å². The van der Waals surface area contributed by atoms with Gasteiger partial charge in [-0.05, 0) is 35.7 Å². The third-order valence-electron chi connectivity index (χ3n) is 4.28. The van der Waals surface area contributed by atoms with Crippen LogP contribution < -0.4 is 10.1 Å². The van der Waals surface area contributed by atoms with Gasteiger partial charge in [0, 0.05) is 46.5 Å². The summed E-state index contributed by atoms with van der Waals surface area (Å²) in [6.45, 7) is 0.358. The standard InChI is InChI=1S/C21H17FN2O2S/c22-16-9-15-10-17(13-24-20(25)6-5-18-4-2-8-27-18)26-21(15)19(11-16)14-3-1-7-23-12-14/h1-9,11-12,17H,10,13H2,(H,24,25). The number of carbonyl (C=O) groups is 1. The maximum absolute atomic E-state index is 14.0. The van der Waals surface area contributed by atoms with E-state index >= 15 is 0 Å². The lowest BCUT2D eigenvalue weighted by molar-refractivity contribution is -0.116. The summed E-state index contributed by atoms with van der Waals surface area (Å²) in [6, 6.07) is 10.5. The Labute approximate surface area is 160 Å².